The quantitative estimate of drug-likeness (QED) is 0.722. The summed E-state index contributed by atoms with van der Waals surface area (Å²) in [5, 5.41) is 2.61. The Balaban J connectivity index is 2.30. The van der Waals surface area contributed by atoms with Gasteiger partial charge in [-0.25, -0.2) is 9.78 Å². The van der Waals surface area contributed by atoms with Gasteiger partial charge in [-0.3, -0.25) is 9.78 Å². The molecule has 0 saturated heterocycles. The standard InChI is InChI=1S/C12H19N5O2/c1-13-12(19)17-6-4-8-9(5-7-17)14-11(16(2)3)15-10(8)18/h4-7H2,1-3H3,(H,13,19)(H,14,15,18). The number of anilines is 1. The Morgan fingerprint density at radius 2 is 2.05 bits per heavy atom. The molecule has 1 aromatic heterocycles. The second kappa shape index (κ2) is 5.29. The van der Waals surface area contributed by atoms with Crippen LogP contribution in [-0.2, 0) is 12.8 Å². The van der Waals surface area contributed by atoms with E-state index in [9.17, 15) is 9.59 Å². The highest BCUT2D eigenvalue weighted by atomic mass is 16.2. The number of hydrogen-bond donors (Lipinski definition) is 2. The minimum atomic E-state index is -0.114. The zero-order chi connectivity index (χ0) is 14.0. The molecule has 0 atom stereocenters. The van der Waals surface area contributed by atoms with Crippen LogP contribution in [0.25, 0.3) is 0 Å². The maximum Gasteiger partial charge on any atom is 0.317 e. The second-order valence-electron chi connectivity index (χ2n) is 4.75. The first-order valence-corrected chi connectivity index (χ1v) is 6.29. The van der Waals surface area contributed by atoms with Crippen molar-refractivity contribution in [3.05, 3.63) is 21.6 Å². The molecule has 2 heterocycles. The fourth-order valence-corrected chi connectivity index (χ4v) is 2.17. The van der Waals surface area contributed by atoms with Crippen molar-refractivity contribution >= 4 is 12.0 Å². The molecule has 0 bridgehead atoms. The molecule has 0 aliphatic carbocycles. The summed E-state index contributed by atoms with van der Waals surface area (Å²) >= 11 is 0. The maximum atomic E-state index is 12.0. The van der Waals surface area contributed by atoms with Gasteiger partial charge in [0.15, 0.2) is 0 Å². The van der Waals surface area contributed by atoms with Crippen molar-refractivity contribution in [3.63, 3.8) is 0 Å². The van der Waals surface area contributed by atoms with E-state index >= 15 is 0 Å². The van der Waals surface area contributed by atoms with Crippen LogP contribution < -0.4 is 15.8 Å². The first-order chi connectivity index (χ1) is 9.02. The largest absolute Gasteiger partial charge is 0.348 e. The molecule has 2 N–H and O–H groups in total. The Morgan fingerprint density at radius 1 is 1.37 bits per heavy atom. The Kier molecular flexibility index (Phi) is 3.73. The van der Waals surface area contributed by atoms with Crippen molar-refractivity contribution in [1.82, 2.24) is 20.2 Å². The third-order valence-corrected chi connectivity index (χ3v) is 3.26. The van der Waals surface area contributed by atoms with Gasteiger partial charge in [0.05, 0.1) is 5.69 Å². The molecule has 19 heavy (non-hydrogen) atoms. The van der Waals surface area contributed by atoms with Crippen LogP contribution in [0.1, 0.15) is 11.3 Å². The van der Waals surface area contributed by atoms with E-state index in [4.69, 9.17) is 0 Å². The van der Waals surface area contributed by atoms with Gasteiger partial charge in [-0.05, 0) is 6.42 Å². The molecule has 0 unspecified atom stereocenters. The molecule has 0 saturated carbocycles. The van der Waals surface area contributed by atoms with Gasteiger partial charge in [0.25, 0.3) is 5.56 Å². The minimum Gasteiger partial charge on any atom is -0.348 e. The lowest BCUT2D eigenvalue weighted by Crippen LogP contribution is -2.39. The molecule has 0 fully saturated rings. The topological polar surface area (TPSA) is 81.3 Å². The molecule has 7 heteroatoms. The van der Waals surface area contributed by atoms with Crippen molar-refractivity contribution in [3.8, 4) is 0 Å². The molecule has 104 valence electrons. The Morgan fingerprint density at radius 3 is 2.68 bits per heavy atom. The monoisotopic (exact) mass is 265 g/mol. The second-order valence-corrected chi connectivity index (χ2v) is 4.75. The van der Waals surface area contributed by atoms with E-state index in [0.717, 1.165) is 5.69 Å². The van der Waals surface area contributed by atoms with E-state index in [1.807, 2.05) is 14.1 Å². The van der Waals surface area contributed by atoms with Gasteiger partial charge in [0.2, 0.25) is 5.95 Å². The number of carbonyl (C=O) groups is 1. The van der Waals surface area contributed by atoms with Crippen LogP contribution in [0.15, 0.2) is 4.79 Å². The molecule has 0 radical (unpaired) electrons. The average Bonchev–Trinajstić information content (AvgIpc) is 2.60. The van der Waals surface area contributed by atoms with Crippen molar-refractivity contribution < 1.29 is 4.79 Å². The summed E-state index contributed by atoms with van der Waals surface area (Å²) in [6, 6.07) is -0.114. The summed E-state index contributed by atoms with van der Waals surface area (Å²) < 4.78 is 0. The van der Waals surface area contributed by atoms with Crippen LogP contribution in [0.3, 0.4) is 0 Å². The lowest BCUT2D eigenvalue weighted by atomic mass is 10.1. The molecular weight excluding hydrogens is 246 g/mol. The number of nitrogens with one attached hydrogen (secondary N) is 2. The summed E-state index contributed by atoms with van der Waals surface area (Å²) in [6.07, 6.45) is 1.15. The van der Waals surface area contributed by atoms with Crippen LogP contribution in [0, 0.1) is 0 Å². The van der Waals surface area contributed by atoms with Gasteiger partial charge in [0, 0.05) is 46.2 Å². The molecule has 1 aliphatic heterocycles. The van der Waals surface area contributed by atoms with Crippen molar-refractivity contribution in [2.75, 3.05) is 39.1 Å². The first kappa shape index (κ1) is 13.4. The van der Waals surface area contributed by atoms with Crippen LogP contribution in [-0.4, -0.2) is 55.1 Å². The highest BCUT2D eigenvalue weighted by Gasteiger charge is 2.21. The number of urea groups is 1. The van der Waals surface area contributed by atoms with E-state index in [1.165, 1.54) is 0 Å². The summed E-state index contributed by atoms with van der Waals surface area (Å²) in [5.74, 6) is 0.553. The number of carbonyl (C=O) groups excluding carboxylic acids is 1. The number of aromatic nitrogens is 2. The fraction of sp³-hybridized carbons (Fsp3) is 0.583. The lowest BCUT2D eigenvalue weighted by molar-refractivity contribution is 0.202. The lowest BCUT2D eigenvalue weighted by Gasteiger charge is -2.18. The predicted molar refractivity (Wildman–Crippen MR) is 72.6 cm³/mol. The maximum absolute atomic E-state index is 12.0. The van der Waals surface area contributed by atoms with Gasteiger partial charge in [-0.15, -0.1) is 0 Å². The molecule has 0 spiro atoms. The smallest absolute Gasteiger partial charge is 0.317 e. The number of nitrogens with zero attached hydrogens (tertiary/aromatic N) is 3. The average molecular weight is 265 g/mol. The molecule has 2 rings (SSSR count). The van der Waals surface area contributed by atoms with Crippen molar-refractivity contribution in [2.24, 2.45) is 0 Å². The van der Waals surface area contributed by atoms with E-state index < -0.39 is 0 Å². The van der Waals surface area contributed by atoms with E-state index in [-0.39, 0.29) is 11.6 Å². The van der Waals surface area contributed by atoms with Gasteiger partial charge >= 0.3 is 6.03 Å². The zero-order valence-corrected chi connectivity index (χ0v) is 11.5. The third-order valence-electron chi connectivity index (χ3n) is 3.26. The summed E-state index contributed by atoms with van der Waals surface area (Å²) in [5.41, 5.74) is 1.38. The summed E-state index contributed by atoms with van der Waals surface area (Å²) in [7, 11) is 5.27. The van der Waals surface area contributed by atoms with Crippen LogP contribution in [0.2, 0.25) is 0 Å². The zero-order valence-electron chi connectivity index (χ0n) is 11.5. The molecule has 1 aliphatic rings. The van der Waals surface area contributed by atoms with E-state index in [1.54, 1.807) is 16.8 Å². The number of H-pyrrole nitrogens is 1. The first-order valence-electron chi connectivity index (χ1n) is 6.29. The highest BCUT2D eigenvalue weighted by Crippen LogP contribution is 2.12. The number of rotatable bonds is 1. The summed E-state index contributed by atoms with van der Waals surface area (Å²) in [6.45, 7) is 1.12. The Bertz CT molecular complexity index is 537. The Labute approximate surface area is 111 Å². The predicted octanol–water partition coefficient (Wildman–Crippen LogP) is -0.424. The molecule has 7 nitrogen and oxygen atoms in total. The Hall–Kier alpha value is -2.05. The van der Waals surface area contributed by atoms with Crippen molar-refractivity contribution in [1.29, 1.82) is 0 Å². The summed E-state index contributed by atoms with van der Waals surface area (Å²) in [4.78, 5) is 34.4. The third kappa shape index (κ3) is 2.69. The van der Waals surface area contributed by atoms with Gasteiger partial charge < -0.3 is 15.1 Å². The van der Waals surface area contributed by atoms with E-state index in [2.05, 4.69) is 15.3 Å². The molecular formula is C12H19N5O2. The van der Waals surface area contributed by atoms with Gasteiger partial charge in [0.1, 0.15) is 0 Å². The number of hydrogen-bond acceptors (Lipinski definition) is 4. The minimum absolute atomic E-state index is 0.104. The van der Waals surface area contributed by atoms with Crippen LogP contribution in [0.4, 0.5) is 10.7 Å². The normalized spacial score (nSPS) is 14.6. The fourth-order valence-electron chi connectivity index (χ4n) is 2.17. The number of aromatic amines is 1. The van der Waals surface area contributed by atoms with E-state index in [0.29, 0.717) is 37.4 Å². The van der Waals surface area contributed by atoms with Crippen molar-refractivity contribution in [2.45, 2.75) is 12.8 Å². The van der Waals surface area contributed by atoms with Crippen LogP contribution >= 0.6 is 0 Å². The number of amides is 2. The highest BCUT2D eigenvalue weighted by molar-refractivity contribution is 5.73. The molecule has 0 aromatic carbocycles. The SMILES string of the molecule is CNC(=O)N1CCc2nc(N(C)C)[nH]c(=O)c2CC1. The van der Waals surface area contributed by atoms with Gasteiger partial charge in [-0.2, -0.15) is 0 Å². The van der Waals surface area contributed by atoms with Crippen LogP contribution in [0.5, 0.6) is 0 Å². The molecule has 1 aromatic rings. The molecule has 2 amide bonds. The number of fused-ring (bicyclic) bond motifs is 1. The van der Waals surface area contributed by atoms with Gasteiger partial charge in [-0.1, -0.05) is 0 Å².